The zero-order valence-electron chi connectivity index (χ0n) is 13.4. The molecule has 3 aromatic rings. The van der Waals surface area contributed by atoms with Crippen LogP contribution in [-0.4, -0.2) is 48.2 Å². The Hall–Kier alpha value is -2.56. The second kappa shape index (κ2) is 7.99. The van der Waals surface area contributed by atoms with E-state index in [4.69, 9.17) is 28.3 Å². The summed E-state index contributed by atoms with van der Waals surface area (Å²) in [7, 11) is 0. The number of carboxylic acid groups (broad SMARTS) is 1. The lowest BCUT2D eigenvalue weighted by molar-refractivity contribution is -0.135. The Balaban J connectivity index is 1.89. The molecule has 1 amide bonds. The smallest absolute Gasteiger partial charge is 0.322 e. The first-order chi connectivity index (χ1) is 12.9. The van der Waals surface area contributed by atoms with E-state index in [9.17, 15) is 14.7 Å². The topological polar surface area (TPSA) is 130 Å². The van der Waals surface area contributed by atoms with Crippen LogP contribution < -0.4 is 5.32 Å². The van der Waals surface area contributed by atoms with Crippen molar-refractivity contribution < 1.29 is 19.8 Å². The summed E-state index contributed by atoms with van der Waals surface area (Å²) < 4.78 is 1.37. The van der Waals surface area contributed by atoms with Crippen molar-refractivity contribution in [2.75, 3.05) is 6.54 Å². The van der Waals surface area contributed by atoms with Gasteiger partial charge in [-0.05, 0) is 11.6 Å². The van der Waals surface area contributed by atoms with Crippen molar-refractivity contribution in [1.82, 2.24) is 24.9 Å². The maximum Gasteiger partial charge on any atom is 0.322 e. The van der Waals surface area contributed by atoms with Crippen molar-refractivity contribution in [1.29, 1.82) is 0 Å². The third-order valence-corrected chi connectivity index (χ3v) is 4.97. The number of pyridine rings is 2. The van der Waals surface area contributed by atoms with Crippen molar-refractivity contribution in [3.63, 3.8) is 0 Å². The molecule has 0 atom stereocenters. The molecule has 0 unspecified atom stereocenters. The van der Waals surface area contributed by atoms with Crippen LogP contribution >= 0.6 is 35.0 Å². The molecule has 0 saturated heterocycles. The number of aromatic hydroxyl groups is 1. The number of aliphatic carboxylic acids is 1. The molecular weight excluding hydrogens is 417 g/mol. The third-order valence-electron chi connectivity index (χ3n) is 3.39. The molecular formula is C15H11Cl2N5O4S. The van der Waals surface area contributed by atoms with Crippen LogP contribution in [0.15, 0.2) is 29.6 Å². The van der Waals surface area contributed by atoms with E-state index in [0.717, 1.165) is 5.56 Å². The monoisotopic (exact) mass is 427 g/mol. The van der Waals surface area contributed by atoms with Crippen LogP contribution in [0.1, 0.15) is 15.9 Å². The average Bonchev–Trinajstić information content (AvgIpc) is 3.08. The van der Waals surface area contributed by atoms with Crippen LogP contribution in [0.4, 0.5) is 0 Å². The molecule has 12 heteroatoms. The molecule has 0 aliphatic heterocycles. The Morgan fingerprint density at radius 1 is 1.30 bits per heavy atom. The van der Waals surface area contributed by atoms with Gasteiger partial charge in [0.2, 0.25) is 0 Å². The van der Waals surface area contributed by atoms with Crippen molar-refractivity contribution in [3.05, 3.63) is 46.0 Å². The molecule has 27 heavy (non-hydrogen) atoms. The number of aromatic nitrogens is 4. The van der Waals surface area contributed by atoms with E-state index in [1.54, 1.807) is 12.1 Å². The normalized spacial score (nSPS) is 10.9. The summed E-state index contributed by atoms with van der Waals surface area (Å²) in [4.78, 5) is 30.8. The number of carboxylic acids is 1. The van der Waals surface area contributed by atoms with Gasteiger partial charge in [0.25, 0.3) is 5.91 Å². The fraction of sp³-hybridized carbons (Fsp3) is 0.133. The fourth-order valence-electron chi connectivity index (χ4n) is 2.20. The fourth-order valence-corrected chi connectivity index (χ4v) is 3.68. The summed E-state index contributed by atoms with van der Waals surface area (Å²) in [6.45, 7) is -0.586. The van der Waals surface area contributed by atoms with Crippen molar-refractivity contribution in [3.8, 4) is 5.75 Å². The summed E-state index contributed by atoms with van der Waals surface area (Å²) in [5.41, 5.74) is 0.659. The number of nitrogens with one attached hydrogen (secondary N) is 1. The molecule has 140 valence electrons. The first-order valence-corrected chi connectivity index (χ1v) is 9.10. The van der Waals surface area contributed by atoms with E-state index < -0.39 is 18.4 Å². The predicted octanol–water partition coefficient (Wildman–Crippen LogP) is 2.24. The number of fused-ring (bicyclic) bond motifs is 1. The minimum atomic E-state index is -1.21. The lowest BCUT2D eigenvalue weighted by Gasteiger charge is -2.10. The molecule has 0 aromatic carbocycles. The van der Waals surface area contributed by atoms with E-state index in [2.05, 4.69) is 20.4 Å². The number of carbonyl (C=O) groups is 2. The summed E-state index contributed by atoms with van der Waals surface area (Å²) in [5.74, 6) is -1.92. The number of carbonyl (C=O) groups excluding carboxylic acids is 1. The van der Waals surface area contributed by atoms with E-state index in [0.29, 0.717) is 10.8 Å². The molecule has 0 saturated carbocycles. The van der Waals surface area contributed by atoms with Crippen LogP contribution in [0.3, 0.4) is 0 Å². The molecule has 3 heterocycles. The maximum absolute atomic E-state index is 12.2. The molecule has 0 bridgehead atoms. The quantitative estimate of drug-likeness (QED) is 0.403. The Morgan fingerprint density at radius 3 is 2.78 bits per heavy atom. The van der Waals surface area contributed by atoms with Gasteiger partial charge in [0.05, 0.1) is 0 Å². The van der Waals surface area contributed by atoms with Crippen LogP contribution in [-0.2, 0) is 10.5 Å². The van der Waals surface area contributed by atoms with Crippen LogP contribution in [0.25, 0.3) is 5.65 Å². The molecule has 0 fully saturated rings. The van der Waals surface area contributed by atoms with E-state index >= 15 is 0 Å². The lowest BCUT2D eigenvalue weighted by Crippen LogP contribution is -2.29. The van der Waals surface area contributed by atoms with Crippen LogP contribution in [0, 0.1) is 0 Å². The Morgan fingerprint density at radius 2 is 2.07 bits per heavy atom. The number of rotatable bonds is 6. The average molecular weight is 428 g/mol. The van der Waals surface area contributed by atoms with E-state index in [1.165, 1.54) is 28.7 Å². The van der Waals surface area contributed by atoms with Gasteiger partial charge >= 0.3 is 5.97 Å². The van der Waals surface area contributed by atoms with Gasteiger partial charge in [-0.2, -0.15) is 5.10 Å². The molecule has 0 aliphatic carbocycles. The molecule has 0 radical (unpaired) electrons. The minimum absolute atomic E-state index is 0.0979. The van der Waals surface area contributed by atoms with Crippen LogP contribution in [0.5, 0.6) is 5.75 Å². The lowest BCUT2D eigenvalue weighted by atomic mass is 10.2. The van der Waals surface area contributed by atoms with Crippen LogP contribution in [0.2, 0.25) is 10.3 Å². The number of hydrogen-bond donors (Lipinski definition) is 3. The molecule has 3 rings (SSSR count). The summed E-state index contributed by atoms with van der Waals surface area (Å²) in [6.07, 6.45) is 1.23. The van der Waals surface area contributed by atoms with Crippen molar-refractivity contribution in [2.45, 2.75) is 10.8 Å². The Kier molecular flexibility index (Phi) is 5.68. The zero-order valence-corrected chi connectivity index (χ0v) is 15.7. The highest BCUT2D eigenvalue weighted by Crippen LogP contribution is 2.31. The predicted molar refractivity (Wildman–Crippen MR) is 98.4 cm³/mol. The Labute approximate surface area is 166 Å². The SMILES string of the molecule is O=C(O)CNC(=O)c1c(O)cc(SCc2ccc(Cl)nc2Cl)n2ncnc12. The van der Waals surface area contributed by atoms with Gasteiger partial charge in [0.15, 0.2) is 5.65 Å². The van der Waals surface area contributed by atoms with Gasteiger partial charge in [-0.25, -0.2) is 14.5 Å². The second-order valence-electron chi connectivity index (χ2n) is 5.19. The number of halogens is 2. The summed E-state index contributed by atoms with van der Waals surface area (Å²) >= 11 is 13.1. The van der Waals surface area contributed by atoms with Crippen molar-refractivity contribution >= 4 is 52.5 Å². The highest BCUT2D eigenvalue weighted by atomic mass is 35.5. The van der Waals surface area contributed by atoms with E-state index in [1.807, 2.05) is 0 Å². The van der Waals surface area contributed by atoms with Gasteiger partial charge in [-0.1, -0.05) is 29.3 Å². The number of nitrogens with zero attached hydrogens (tertiary/aromatic N) is 4. The minimum Gasteiger partial charge on any atom is -0.507 e. The third kappa shape index (κ3) is 4.24. The molecule has 0 aliphatic rings. The number of hydrogen-bond acceptors (Lipinski definition) is 7. The molecule has 0 spiro atoms. The highest BCUT2D eigenvalue weighted by Gasteiger charge is 2.21. The number of thioether (sulfide) groups is 1. The second-order valence-corrected chi connectivity index (χ2v) is 6.93. The summed E-state index contributed by atoms with van der Waals surface area (Å²) in [5, 5.41) is 26.2. The highest BCUT2D eigenvalue weighted by molar-refractivity contribution is 7.98. The zero-order chi connectivity index (χ0) is 19.6. The van der Waals surface area contributed by atoms with Gasteiger partial charge in [-0.3, -0.25) is 9.59 Å². The Bertz CT molecular complexity index is 1040. The van der Waals surface area contributed by atoms with Gasteiger partial charge in [0.1, 0.15) is 39.5 Å². The standard InChI is InChI=1S/C15H11Cl2N5O4S/c16-9-2-1-7(13(17)21-9)5-27-10-3-8(23)12(14-19-6-20-22(10)14)15(26)18-4-11(24)25/h1-3,6,23H,4-5H2,(H,18,26)(H,24,25). The van der Waals surface area contributed by atoms with Gasteiger partial charge in [-0.15, -0.1) is 11.8 Å². The maximum atomic E-state index is 12.2. The van der Waals surface area contributed by atoms with Gasteiger partial charge in [0, 0.05) is 11.8 Å². The van der Waals surface area contributed by atoms with Gasteiger partial charge < -0.3 is 15.5 Å². The van der Waals surface area contributed by atoms with E-state index in [-0.39, 0.29) is 27.3 Å². The summed E-state index contributed by atoms with van der Waals surface area (Å²) in [6, 6.07) is 4.69. The number of amides is 1. The largest absolute Gasteiger partial charge is 0.507 e. The first kappa shape index (κ1) is 19.2. The molecule has 9 nitrogen and oxygen atoms in total. The molecule has 3 N–H and O–H groups in total. The van der Waals surface area contributed by atoms with Crippen molar-refractivity contribution in [2.24, 2.45) is 0 Å². The first-order valence-electron chi connectivity index (χ1n) is 7.36. The molecule has 3 aromatic heterocycles.